The summed E-state index contributed by atoms with van der Waals surface area (Å²) in [5, 5.41) is 10.9. The molecule has 0 aromatic heterocycles. The number of unbranched alkanes of at least 4 members (excludes halogenated alkanes) is 6. The van der Waals surface area contributed by atoms with Gasteiger partial charge in [-0.05, 0) is 64.0 Å². The van der Waals surface area contributed by atoms with Crippen LogP contribution in [0.25, 0.3) is 0 Å². The molecular weight excluding hydrogens is 440 g/mol. The molecule has 1 aliphatic carbocycles. The van der Waals surface area contributed by atoms with Gasteiger partial charge in [-0.2, -0.15) is 0 Å². The van der Waals surface area contributed by atoms with Crippen molar-refractivity contribution in [3.05, 3.63) is 24.3 Å². The summed E-state index contributed by atoms with van der Waals surface area (Å²) in [6.45, 7) is 9.69. The fourth-order valence-electron chi connectivity index (χ4n) is 5.23. The zero-order valence-corrected chi connectivity index (χ0v) is 23.6. The Morgan fingerprint density at radius 2 is 1.82 bits per heavy atom. The van der Waals surface area contributed by atoms with Gasteiger partial charge in [0.2, 0.25) is 9.04 Å². The second kappa shape index (κ2) is 17.9. The van der Waals surface area contributed by atoms with Crippen LogP contribution < -0.4 is 0 Å². The Hall–Kier alpha value is -0.463. The van der Waals surface area contributed by atoms with Crippen LogP contribution in [0.3, 0.4) is 0 Å². The van der Waals surface area contributed by atoms with E-state index in [0.717, 1.165) is 45.1 Å². The fourth-order valence-corrected chi connectivity index (χ4v) is 6.09. The van der Waals surface area contributed by atoms with Crippen LogP contribution >= 0.6 is 0 Å². The predicted octanol–water partition coefficient (Wildman–Crippen LogP) is 7.58. The molecule has 4 nitrogen and oxygen atoms in total. The van der Waals surface area contributed by atoms with E-state index in [1.807, 2.05) is 0 Å². The molecule has 0 amide bonds. The summed E-state index contributed by atoms with van der Waals surface area (Å²) >= 11 is 0. The molecule has 1 saturated carbocycles. The summed E-state index contributed by atoms with van der Waals surface area (Å²) < 4.78 is 18.7. The highest BCUT2D eigenvalue weighted by Crippen LogP contribution is 2.38. The average molecular weight is 494 g/mol. The maximum atomic E-state index is 10.9. The molecule has 6 atom stereocenters. The molecule has 1 saturated heterocycles. The molecule has 2 aliphatic rings. The van der Waals surface area contributed by atoms with E-state index in [2.05, 4.69) is 51.2 Å². The number of hydrogen-bond acceptors (Lipinski definition) is 4. The lowest BCUT2D eigenvalue weighted by Crippen LogP contribution is -2.28. The maximum absolute atomic E-state index is 10.9. The summed E-state index contributed by atoms with van der Waals surface area (Å²) in [6.07, 6.45) is 25.0. The van der Waals surface area contributed by atoms with Gasteiger partial charge in [-0.3, -0.25) is 0 Å². The topological polar surface area (TPSA) is 47.9 Å². The molecule has 1 N–H and O–H groups in total. The minimum atomic E-state index is -0.825. The third kappa shape index (κ3) is 11.5. The van der Waals surface area contributed by atoms with Crippen LogP contribution in [0, 0.1) is 11.8 Å². The quantitative estimate of drug-likeness (QED) is 0.129. The largest absolute Gasteiger partial charge is 0.414 e. The standard InChI is InChI=1S/C29H53O4Si/c1-5-7-9-11-13-17-24(32-29-19-15-16-22-31-29)20-21-26-25(18-14-12-10-8-6-2)27(30)23-28(26)33-34(3)4/h12,14,20-21,24-30H,5-11,13,15-19,22-23H2,1-4H3/b14-12-,21-20+/t24-,25-,26-,27+,28-,29?/m1/s1. The number of hydrogen-bond donors (Lipinski definition) is 1. The van der Waals surface area contributed by atoms with E-state index in [4.69, 9.17) is 13.9 Å². The van der Waals surface area contributed by atoms with Gasteiger partial charge in [0.15, 0.2) is 6.29 Å². The second-order valence-corrected chi connectivity index (χ2v) is 12.6. The van der Waals surface area contributed by atoms with Crippen molar-refractivity contribution in [3.63, 3.8) is 0 Å². The van der Waals surface area contributed by atoms with Crippen molar-refractivity contribution in [1.29, 1.82) is 0 Å². The van der Waals surface area contributed by atoms with Gasteiger partial charge in [-0.15, -0.1) is 0 Å². The van der Waals surface area contributed by atoms with Gasteiger partial charge in [0.1, 0.15) is 0 Å². The second-order valence-electron chi connectivity index (χ2n) is 10.5. The zero-order valence-electron chi connectivity index (χ0n) is 22.6. The van der Waals surface area contributed by atoms with Gasteiger partial charge in [-0.1, -0.05) is 83.1 Å². The minimum absolute atomic E-state index is 0.0707. The van der Waals surface area contributed by atoms with Crippen LogP contribution in [0.2, 0.25) is 13.1 Å². The van der Waals surface area contributed by atoms with Gasteiger partial charge in [0.05, 0.1) is 18.3 Å². The maximum Gasteiger partial charge on any atom is 0.205 e. The first-order valence-corrected chi connectivity index (χ1v) is 16.7. The lowest BCUT2D eigenvalue weighted by Gasteiger charge is -2.28. The SMILES string of the molecule is CCCC/C=C\C[C@@H]1[C@@H](/C=C/[C@@H](CCCCCCC)OC2CCCCO2)[C@H](O[Si](C)C)C[C@@H]1O. The number of allylic oxidation sites excluding steroid dienone is 2. The predicted molar refractivity (Wildman–Crippen MR) is 144 cm³/mol. The van der Waals surface area contributed by atoms with Crippen molar-refractivity contribution < 1.29 is 19.0 Å². The molecule has 197 valence electrons. The molecule has 0 aromatic rings. The van der Waals surface area contributed by atoms with Crippen LogP contribution in [-0.2, 0) is 13.9 Å². The third-order valence-corrected chi connectivity index (χ3v) is 7.96. The molecule has 1 unspecified atom stereocenters. The van der Waals surface area contributed by atoms with Crippen molar-refractivity contribution in [3.8, 4) is 0 Å². The van der Waals surface area contributed by atoms with E-state index in [1.165, 1.54) is 51.4 Å². The summed E-state index contributed by atoms with van der Waals surface area (Å²) in [6, 6.07) is 0. The van der Waals surface area contributed by atoms with Crippen LogP contribution in [0.1, 0.15) is 104 Å². The van der Waals surface area contributed by atoms with Gasteiger partial charge in [0, 0.05) is 12.5 Å². The van der Waals surface area contributed by atoms with Gasteiger partial charge < -0.3 is 19.0 Å². The van der Waals surface area contributed by atoms with E-state index < -0.39 is 9.04 Å². The Bertz CT molecular complexity index is 558. The average Bonchev–Trinajstić information content (AvgIpc) is 3.10. The van der Waals surface area contributed by atoms with Crippen molar-refractivity contribution >= 4 is 9.04 Å². The first-order valence-electron chi connectivity index (χ1n) is 14.3. The highest BCUT2D eigenvalue weighted by Gasteiger charge is 2.41. The lowest BCUT2D eigenvalue weighted by atomic mass is 9.89. The zero-order chi connectivity index (χ0) is 24.6. The number of rotatable bonds is 17. The molecule has 2 rings (SSSR count). The van der Waals surface area contributed by atoms with E-state index >= 15 is 0 Å². The fraction of sp³-hybridized carbons (Fsp3) is 0.862. The molecule has 1 aliphatic heterocycles. The van der Waals surface area contributed by atoms with Crippen LogP contribution in [-0.4, -0.2) is 45.4 Å². The summed E-state index contributed by atoms with van der Waals surface area (Å²) in [5.74, 6) is 0.459. The minimum Gasteiger partial charge on any atom is -0.414 e. The summed E-state index contributed by atoms with van der Waals surface area (Å²) in [7, 11) is -0.825. The summed E-state index contributed by atoms with van der Waals surface area (Å²) in [4.78, 5) is 0. The molecule has 1 radical (unpaired) electrons. The lowest BCUT2D eigenvalue weighted by molar-refractivity contribution is -0.179. The van der Waals surface area contributed by atoms with Gasteiger partial charge in [0.25, 0.3) is 0 Å². The molecule has 5 heteroatoms. The van der Waals surface area contributed by atoms with Crippen LogP contribution in [0.5, 0.6) is 0 Å². The molecule has 34 heavy (non-hydrogen) atoms. The van der Waals surface area contributed by atoms with Crippen molar-refractivity contribution in [1.82, 2.24) is 0 Å². The highest BCUT2D eigenvalue weighted by molar-refractivity contribution is 6.48. The number of aliphatic hydroxyl groups is 1. The normalized spacial score (nSPS) is 29.1. The number of aliphatic hydroxyl groups excluding tert-OH is 1. The van der Waals surface area contributed by atoms with Gasteiger partial charge in [-0.25, -0.2) is 0 Å². The molecule has 0 bridgehead atoms. The Labute approximate surface area is 212 Å². The molecule has 1 heterocycles. The molecule has 2 fully saturated rings. The van der Waals surface area contributed by atoms with Crippen molar-refractivity contribution in [2.75, 3.05) is 6.61 Å². The van der Waals surface area contributed by atoms with Gasteiger partial charge >= 0.3 is 0 Å². The van der Waals surface area contributed by atoms with Crippen LogP contribution in [0.4, 0.5) is 0 Å². The van der Waals surface area contributed by atoms with Crippen molar-refractivity contribution in [2.24, 2.45) is 11.8 Å². The third-order valence-electron chi connectivity index (χ3n) is 7.18. The highest BCUT2D eigenvalue weighted by atomic mass is 28.3. The summed E-state index contributed by atoms with van der Waals surface area (Å²) in [5.41, 5.74) is 0. The molecular formula is C29H53O4Si. The monoisotopic (exact) mass is 493 g/mol. The van der Waals surface area contributed by atoms with E-state index in [9.17, 15) is 5.11 Å². The Morgan fingerprint density at radius 1 is 1.03 bits per heavy atom. The first-order chi connectivity index (χ1) is 16.5. The molecule has 0 aromatic carbocycles. The van der Waals surface area contributed by atoms with Crippen molar-refractivity contribution in [2.45, 2.75) is 141 Å². The van der Waals surface area contributed by atoms with Crippen LogP contribution in [0.15, 0.2) is 24.3 Å². The van der Waals surface area contributed by atoms with E-state index in [0.29, 0.717) is 0 Å². The Morgan fingerprint density at radius 3 is 2.53 bits per heavy atom. The number of ether oxygens (including phenoxy) is 2. The van der Waals surface area contributed by atoms with E-state index in [-0.39, 0.29) is 36.4 Å². The smallest absolute Gasteiger partial charge is 0.205 e. The Balaban J connectivity index is 2.05. The Kier molecular flexibility index (Phi) is 15.7. The molecule has 0 spiro atoms. The van der Waals surface area contributed by atoms with E-state index in [1.54, 1.807) is 0 Å². The first kappa shape index (κ1) is 29.8.